The lowest BCUT2D eigenvalue weighted by Crippen LogP contribution is -2.37. The van der Waals surface area contributed by atoms with Crippen molar-refractivity contribution in [3.63, 3.8) is 0 Å². The molecule has 1 N–H and O–H groups in total. The van der Waals surface area contributed by atoms with Crippen LogP contribution >= 0.6 is 15.9 Å². The van der Waals surface area contributed by atoms with Gasteiger partial charge in [0.1, 0.15) is 0 Å². The van der Waals surface area contributed by atoms with E-state index in [0.29, 0.717) is 11.5 Å². The molecule has 2 heteroatoms. The van der Waals surface area contributed by atoms with Gasteiger partial charge in [0.2, 0.25) is 0 Å². The molecule has 1 rings (SSSR count). The Balaban J connectivity index is 2.58. The molecule has 0 radical (unpaired) electrons. The van der Waals surface area contributed by atoms with Crippen molar-refractivity contribution in [3.8, 4) is 0 Å². The summed E-state index contributed by atoms with van der Waals surface area (Å²) in [7, 11) is 0. The lowest BCUT2D eigenvalue weighted by molar-refractivity contribution is 0.285. The Morgan fingerprint density at radius 2 is 1.94 bits per heavy atom. The van der Waals surface area contributed by atoms with E-state index in [4.69, 9.17) is 0 Å². The summed E-state index contributed by atoms with van der Waals surface area (Å²) in [5.74, 6) is 0. The van der Waals surface area contributed by atoms with Crippen molar-refractivity contribution in [2.45, 2.75) is 47.2 Å². The summed E-state index contributed by atoms with van der Waals surface area (Å²) in [4.78, 5) is 0. The molecule has 90 valence electrons. The van der Waals surface area contributed by atoms with Crippen LogP contribution in [0, 0.1) is 12.3 Å². The number of hydrogen-bond acceptors (Lipinski definition) is 1. The Kier molecular flexibility index (Phi) is 4.57. The van der Waals surface area contributed by atoms with Gasteiger partial charge in [-0.1, -0.05) is 48.8 Å². The third kappa shape index (κ3) is 3.91. The zero-order chi connectivity index (χ0) is 12.3. The molecule has 0 spiro atoms. The lowest BCUT2D eigenvalue weighted by atomic mass is 9.88. The van der Waals surface area contributed by atoms with Gasteiger partial charge in [0, 0.05) is 17.1 Å². The molecule has 0 aliphatic heterocycles. The van der Waals surface area contributed by atoms with Gasteiger partial charge in [0.15, 0.2) is 0 Å². The smallest absolute Gasteiger partial charge is 0.0208 e. The summed E-state index contributed by atoms with van der Waals surface area (Å²) >= 11 is 3.52. The molecule has 1 aromatic rings. The molecule has 16 heavy (non-hydrogen) atoms. The second kappa shape index (κ2) is 5.33. The fourth-order valence-corrected chi connectivity index (χ4v) is 1.64. The summed E-state index contributed by atoms with van der Waals surface area (Å²) < 4.78 is 1.18. The van der Waals surface area contributed by atoms with Gasteiger partial charge in [-0.25, -0.2) is 0 Å². The third-order valence-corrected chi connectivity index (χ3v) is 4.02. The Bertz CT molecular complexity index is 352. The lowest BCUT2D eigenvalue weighted by Gasteiger charge is -2.28. The third-order valence-electron chi connectivity index (χ3n) is 3.13. The topological polar surface area (TPSA) is 12.0 Å². The molecular weight excluding hydrogens is 262 g/mol. The second-order valence-corrected chi connectivity index (χ2v) is 6.41. The number of hydrogen-bond donors (Lipinski definition) is 1. The van der Waals surface area contributed by atoms with Crippen LogP contribution in [0.3, 0.4) is 0 Å². The number of rotatable bonds is 3. The van der Waals surface area contributed by atoms with E-state index >= 15 is 0 Å². The van der Waals surface area contributed by atoms with Crippen LogP contribution in [0.2, 0.25) is 0 Å². The Labute approximate surface area is 108 Å². The van der Waals surface area contributed by atoms with Gasteiger partial charge in [-0.2, -0.15) is 0 Å². The fraction of sp³-hybridized carbons (Fsp3) is 0.571. The van der Waals surface area contributed by atoms with Crippen LogP contribution in [0.5, 0.6) is 0 Å². The summed E-state index contributed by atoms with van der Waals surface area (Å²) in [5.41, 5.74) is 2.95. The quantitative estimate of drug-likeness (QED) is 0.873. The van der Waals surface area contributed by atoms with Gasteiger partial charge in [0.05, 0.1) is 0 Å². The second-order valence-electron chi connectivity index (χ2n) is 5.55. The molecule has 0 heterocycles. The standard InChI is InChI=1S/C14H22BrN/c1-10-8-12(6-7-13(10)15)9-16-11(2)14(3,4)5/h6-8,11,16H,9H2,1-5H3. The van der Waals surface area contributed by atoms with Crippen molar-refractivity contribution in [3.05, 3.63) is 33.8 Å². The van der Waals surface area contributed by atoms with E-state index < -0.39 is 0 Å². The van der Waals surface area contributed by atoms with Crippen molar-refractivity contribution >= 4 is 15.9 Å². The number of aryl methyl sites for hydroxylation is 1. The van der Waals surface area contributed by atoms with E-state index in [1.165, 1.54) is 15.6 Å². The fourth-order valence-electron chi connectivity index (χ4n) is 1.39. The molecule has 1 atom stereocenters. The van der Waals surface area contributed by atoms with Gasteiger partial charge >= 0.3 is 0 Å². The molecule has 0 saturated heterocycles. The van der Waals surface area contributed by atoms with Crippen molar-refractivity contribution < 1.29 is 0 Å². The zero-order valence-electron chi connectivity index (χ0n) is 10.9. The number of benzene rings is 1. The van der Waals surface area contributed by atoms with Gasteiger partial charge in [-0.15, -0.1) is 0 Å². The molecule has 1 nitrogen and oxygen atoms in total. The highest BCUT2D eigenvalue weighted by Gasteiger charge is 2.18. The van der Waals surface area contributed by atoms with Crippen LogP contribution in [0.15, 0.2) is 22.7 Å². The van der Waals surface area contributed by atoms with Crippen LogP contribution < -0.4 is 5.32 Å². The zero-order valence-corrected chi connectivity index (χ0v) is 12.5. The highest BCUT2D eigenvalue weighted by atomic mass is 79.9. The molecule has 1 aromatic carbocycles. The first-order valence-electron chi connectivity index (χ1n) is 5.79. The van der Waals surface area contributed by atoms with Crippen molar-refractivity contribution in [1.82, 2.24) is 5.32 Å². The largest absolute Gasteiger partial charge is 0.310 e. The molecule has 0 aromatic heterocycles. The highest BCUT2D eigenvalue weighted by molar-refractivity contribution is 9.10. The Morgan fingerprint density at radius 3 is 2.44 bits per heavy atom. The minimum Gasteiger partial charge on any atom is -0.310 e. The first-order chi connectivity index (χ1) is 7.30. The minimum absolute atomic E-state index is 0.310. The molecular formula is C14H22BrN. The van der Waals surface area contributed by atoms with E-state index in [-0.39, 0.29) is 0 Å². The number of halogens is 1. The summed E-state index contributed by atoms with van der Waals surface area (Å²) in [6.07, 6.45) is 0. The van der Waals surface area contributed by atoms with Crippen molar-refractivity contribution in [2.75, 3.05) is 0 Å². The predicted molar refractivity (Wildman–Crippen MR) is 74.6 cm³/mol. The van der Waals surface area contributed by atoms with Crippen LogP contribution in [0.1, 0.15) is 38.8 Å². The molecule has 0 bridgehead atoms. The maximum atomic E-state index is 3.57. The molecule has 1 unspecified atom stereocenters. The first-order valence-corrected chi connectivity index (χ1v) is 6.58. The highest BCUT2D eigenvalue weighted by Crippen LogP contribution is 2.20. The average molecular weight is 284 g/mol. The maximum absolute atomic E-state index is 3.57. The monoisotopic (exact) mass is 283 g/mol. The van der Waals surface area contributed by atoms with E-state index in [0.717, 1.165) is 6.54 Å². The molecule has 0 aliphatic carbocycles. The summed E-state index contributed by atoms with van der Waals surface area (Å²) in [5, 5.41) is 3.57. The van der Waals surface area contributed by atoms with Gasteiger partial charge in [0.25, 0.3) is 0 Å². The molecule has 0 fully saturated rings. The molecule has 0 amide bonds. The van der Waals surface area contributed by atoms with Gasteiger partial charge in [-0.05, 0) is 36.5 Å². The van der Waals surface area contributed by atoms with Crippen LogP contribution in [-0.2, 0) is 6.54 Å². The first kappa shape index (κ1) is 13.7. The number of nitrogens with one attached hydrogen (secondary N) is 1. The van der Waals surface area contributed by atoms with E-state index in [1.54, 1.807) is 0 Å². The van der Waals surface area contributed by atoms with E-state index in [1.807, 2.05) is 0 Å². The minimum atomic E-state index is 0.310. The van der Waals surface area contributed by atoms with Crippen molar-refractivity contribution in [2.24, 2.45) is 5.41 Å². The Morgan fingerprint density at radius 1 is 1.31 bits per heavy atom. The predicted octanol–water partition coefficient (Wildman–Crippen LogP) is 4.28. The average Bonchev–Trinajstić information content (AvgIpc) is 2.18. The molecule has 0 saturated carbocycles. The van der Waals surface area contributed by atoms with Crippen molar-refractivity contribution in [1.29, 1.82) is 0 Å². The van der Waals surface area contributed by atoms with Crippen LogP contribution in [0.25, 0.3) is 0 Å². The van der Waals surface area contributed by atoms with Crippen LogP contribution in [0.4, 0.5) is 0 Å². The van der Waals surface area contributed by atoms with Crippen LogP contribution in [-0.4, -0.2) is 6.04 Å². The summed E-state index contributed by atoms with van der Waals surface area (Å²) in [6.45, 7) is 12.1. The van der Waals surface area contributed by atoms with Gasteiger partial charge < -0.3 is 5.32 Å². The maximum Gasteiger partial charge on any atom is 0.0208 e. The summed E-state index contributed by atoms with van der Waals surface area (Å²) in [6, 6.07) is 7.02. The Hall–Kier alpha value is -0.340. The van der Waals surface area contributed by atoms with E-state index in [9.17, 15) is 0 Å². The van der Waals surface area contributed by atoms with Gasteiger partial charge in [-0.3, -0.25) is 0 Å². The molecule has 0 aliphatic rings. The normalized spacial score (nSPS) is 13.9. The SMILES string of the molecule is Cc1cc(CNC(C)C(C)(C)C)ccc1Br. The van der Waals surface area contributed by atoms with E-state index in [2.05, 4.69) is 74.1 Å².